The molecule has 1 N–H and O–H groups in total. The van der Waals surface area contributed by atoms with Crippen LogP contribution in [0.3, 0.4) is 0 Å². The van der Waals surface area contributed by atoms with Gasteiger partial charge < -0.3 is 0 Å². The highest BCUT2D eigenvalue weighted by atomic mass is 16.2. The van der Waals surface area contributed by atoms with E-state index in [4.69, 9.17) is 0 Å². The van der Waals surface area contributed by atoms with Crippen LogP contribution >= 0.6 is 0 Å². The monoisotopic (exact) mass is 422 g/mol. The molecule has 3 aromatic carbocycles. The molecular formula is C25H22N6O. The number of benzene rings is 3. The summed E-state index contributed by atoms with van der Waals surface area (Å²) in [6, 6.07) is 29.9. The first-order valence-corrected chi connectivity index (χ1v) is 10.5. The zero-order chi connectivity index (χ0) is 21.8. The third-order valence-electron chi connectivity index (χ3n) is 5.33. The quantitative estimate of drug-likeness (QED) is 0.503. The van der Waals surface area contributed by atoms with Crippen molar-refractivity contribution in [3.05, 3.63) is 108 Å². The largest absolute Gasteiger partial charge is 0.288 e. The fourth-order valence-corrected chi connectivity index (χ4v) is 3.77. The van der Waals surface area contributed by atoms with Crippen LogP contribution in [0.4, 0.5) is 11.6 Å². The number of hydrogen-bond donors (Lipinski definition) is 1. The van der Waals surface area contributed by atoms with E-state index in [1.165, 1.54) is 0 Å². The summed E-state index contributed by atoms with van der Waals surface area (Å²) in [6.45, 7) is 0.586. The van der Waals surface area contributed by atoms with Crippen LogP contribution < -0.4 is 10.3 Å². The number of hydrazone groups is 1. The van der Waals surface area contributed by atoms with Gasteiger partial charge in [0.2, 0.25) is 5.95 Å². The zero-order valence-corrected chi connectivity index (χ0v) is 17.4. The minimum atomic E-state index is -0.290. The minimum absolute atomic E-state index is 0.0528. The summed E-state index contributed by atoms with van der Waals surface area (Å²) >= 11 is 0. The molecule has 0 aliphatic carbocycles. The molecular weight excluding hydrogens is 400 g/mol. The lowest BCUT2D eigenvalue weighted by Gasteiger charge is -2.23. The molecule has 1 aromatic heterocycles. The van der Waals surface area contributed by atoms with E-state index in [1.807, 2.05) is 83.9 Å². The number of anilines is 2. The molecule has 0 radical (unpaired) electrons. The van der Waals surface area contributed by atoms with Crippen molar-refractivity contribution in [2.45, 2.75) is 19.0 Å². The van der Waals surface area contributed by atoms with Gasteiger partial charge in [-0.15, -0.1) is 5.10 Å². The molecule has 0 saturated carbocycles. The summed E-state index contributed by atoms with van der Waals surface area (Å²) in [7, 11) is 0. The molecule has 1 unspecified atom stereocenters. The second-order valence-corrected chi connectivity index (χ2v) is 7.56. The van der Waals surface area contributed by atoms with E-state index in [9.17, 15) is 4.79 Å². The molecule has 0 bridgehead atoms. The number of amides is 1. The fraction of sp³-hybridized carbons (Fsp3) is 0.120. The Morgan fingerprint density at radius 2 is 1.56 bits per heavy atom. The van der Waals surface area contributed by atoms with Crippen LogP contribution in [-0.4, -0.2) is 26.4 Å². The molecule has 4 aromatic rings. The van der Waals surface area contributed by atoms with Crippen molar-refractivity contribution in [1.82, 2.24) is 14.8 Å². The topological polar surface area (TPSA) is 75.4 Å². The predicted molar refractivity (Wildman–Crippen MR) is 124 cm³/mol. The van der Waals surface area contributed by atoms with Gasteiger partial charge >= 0.3 is 0 Å². The highest BCUT2D eigenvalue weighted by Crippen LogP contribution is 2.35. The molecule has 32 heavy (non-hydrogen) atoms. The SMILES string of the molecule is O=C(Nc1ncn(Cc2ccccc2)n1)C1=NN(c2ccccc2)C(c2ccccc2)C1. The summed E-state index contributed by atoms with van der Waals surface area (Å²) in [5.41, 5.74) is 3.60. The van der Waals surface area contributed by atoms with Crippen LogP contribution in [0.1, 0.15) is 23.6 Å². The molecule has 1 aliphatic heterocycles. The lowest BCUT2D eigenvalue weighted by Crippen LogP contribution is -2.22. The van der Waals surface area contributed by atoms with Crippen LogP contribution in [0, 0.1) is 0 Å². The fourth-order valence-electron chi connectivity index (χ4n) is 3.77. The number of hydrogen-bond acceptors (Lipinski definition) is 5. The number of carbonyl (C=O) groups is 1. The molecule has 0 saturated heterocycles. The van der Waals surface area contributed by atoms with Crippen molar-refractivity contribution in [2.24, 2.45) is 5.10 Å². The molecule has 7 heteroatoms. The Kier molecular flexibility index (Phi) is 5.45. The number of nitrogens with one attached hydrogen (secondary N) is 1. The molecule has 0 spiro atoms. The average Bonchev–Trinajstić information content (AvgIpc) is 3.48. The summed E-state index contributed by atoms with van der Waals surface area (Å²) in [5, 5.41) is 13.7. The second-order valence-electron chi connectivity index (χ2n) is 7.56. The van der Waals surface area contributed by atoms with E-state index in [-0.39, 0.29) is 17.9 Å². The normalized spacial score (nSPS) is 15.4. The Bertz CT molecular complexity index is 1220. The van der Waals surface area contributed by atoms with Gasteiger partial charge in [0.25, 0.3) is 5.91 Å². The van der Waals surface area contributed by atoms with Crippen LogP contribution in [-0.2, 0) is 11.3 Å². The van der Waals surface area contributed by atoms with E-state index < -0.39 is 0 Å². The summed E-state index contributed by atoms with van der Waals surface area (Å²) in [6.07, 6.45) is 2.11. The molecule has 7 nitrogen and oxygen atoms in total. The van der Waals surface area contributed by atoms with Gasteiger partial charge in [-0.2, -0.15) is 5.10 Å². The highest BCUT2D eigenvalue weighted by Gasteiger charge is 2.32. The van der Waals surface area contributed by atoms with Crippen LogP contribution in [0.25, 0.3) is 0 Å². The number of rotatable bonds is 6. The van der Waals surface area contributed by atoms with E-state index >= 15 is 0 Å². The maximum absolute atomic E-state index is 13.0. The van der Waals surface area contributed by atoms with Crippen molar-refractivity contribution in [3.8, 4) is 0 Å². The molecule has 1 amide bonds. The van der Waals surface area contributed by atoms with Gasteiger partial charge in [0.15, 0.2) is 0 Å². The molecule has 158 valence electrons. The van der Waals surface area contributed by atoms with Crippen LogP contribution in [0.2, 0.25) is 0 Å². The highest BCUT2D eigenvalue weighted by molar-refractivity contribution is 6.43. The summed E-state index contributed by atoms with van der Waals surface area (Å²) < 4.78 is 1.70. The van der Waals surface area contributed by atoms with Crippen LogP contribution in [0.15, 0.2) is 102 Å². The maximum atomic E-state index is 13.0. The average molecular weight is 422 g/mol. The minimum Gasteiger partial charge on any atom is -0.288 e. The van der Waals surface area contributed by atoms with Crippen molar-refractivity contribution in [3.63, 3.8) is 0 Å². The molecule has 5 rings (SSSR count). The lowest BCUT2D eigenvalue weighted by atomic mass is 10.0. The van der Waals surface area contributed by atoms with Gasteiger partial charge in [-0.25, -0.2) is 9.67 Å². The summed E-state index contributed by atoms with van der Waals surface area (Å²) in [5.74, 6) is -0.0233. The lowest BCUT2D eigenvalue weighted by molar-refractivity contribution is -0.110. The Hall–Kier alpha value is -4.26. The zero-order valence-electron chi connectivity index (χ0n) is 17.4. The van der Waals surface area contributed by atoms with Gasteiger partial charge in [0.05, 0.1) is 18.3 Å². The van der Waals surface area contributed by atoms with Crippen molar-refractivity contribution >= 4 is 23.3 Å². The van der Waals surface area contributed by atoms with E-state index in [0.717, 1.165) is 16.8 Å². The van der Waals surface area contributed by atoms with Crippen molar-refractivity contribution in [1.29, 1.82) is 0 Å². The second kappa shape index (κ2) is 8.85. The first-order chi connectivity index (χ1) is 15.8. The first-order valence-electron chi connectivity index (χ1n) is 10.5. The van der Waals surface area contributed by atoms with Gasteiger partial charge in [0, 0.05) is 6.42 Å². The van der Waals surface area contributed by atoms with E-state index in [1.54, 1.807) is 11.0 Å². The smallest absolute Gasteiger partial charge is 0.274 e. The third kappa shape index (κ3) is 4.27. The van der Waals surface area contributed by atoms with Gasteiger partial charge in [-0.3, -0.25) is 15.1 Å². The van der Waals surface area contributed by atoms with Gasteiger partial charge in [-0.05, 0) is 23.3 Å². The standard InChI is InChI=1S/C25H22N6O/c32-24(27-25-26-18-30(29-25)17-19-10-4-1-5-11-19)22-16-23(20-12-6-2-7-13-20)31(28-22)21-14-8-3-9-15-21/h1-15,18,23H,16-17H2,(H,27,29,32). The number of para-hydroxylation sites is 1. The Labute approximate surface area is 186 Å². The summed E-state index contributed by atoms with van der Waals surface area (Å²) in [4.78, 5) is 17.2. The van der Waals surface area contributed by atoms with E-state index in [2.05, 4.69) is 32.6 Å². The number of aromatic nitrogens is 3. The third-order valence-corrected chi connectivity index (χ3v) is 5.33. The maximum Gasteiger partial charge on any atom is 0.274 e. The number of nitrogens with zero attached hydrogens (tertiary/aromatic N) is 5. The van der Waals surface area contributed by atoms with Crippen molar-refractivity contribution in [2.75, 3.05) is 10.3 Å². The Balaban J connectivity index is 1.33. The molecule has 1 aliphatic rings. The van der Waals surface area contributed by atoms with Gasteiger partial charge in [-0.1, -0.05) is 78.9 Å². The van der Waals surface area contributed by atoms with E-state index in [0.29, 0.717) is 18.7 Å². The van der Waals surface area contributed by atoms with Crippen molar-refractivity contribution < 1.29 is 4.79 Å². The Morgan fingerprint density at radius 1 is 0.906 bits per heavy atom. The first kappa shape index (κ1) is 19.7. The molecule has 0 fully saturated rings. The van der Waals surface area contributed by atoms with Crippen LogP contribution in [0.5, 0.6) is 0 Å². The Morgan fingerprint density at radius 3 is 2.28 bits per heavy atom. The van der Waals surface area contributed by atoms with Gasteiger partial charge in [0.1, 0.15) is 12.0 Å². The molecule has 1 atom stereocenters. The number of carbonyl (C=O) groups excluding carboxylic acids is 1. The molecule has 2 heterocycles. The predicted octanol–water partition coefficient (Wildman–Crippen LogP) is 4.27.